The van der Waals surface area contributed by atoms with E-state index < -0.39 is 11.4 Å². The summed E-state index contributed by atoms with van der Waals surface area (Å²) in [5.74, 6) is 0.353. The summed E-state index contributed by atoms with van der Waals surface area (Å²) in [5.41, 5.74) is -0.989. The Kier molecular flexibility index (Phi) is 9.24. The second-order valence-corrected chi connectivity index (χ2v) is 15.3. The van der Waals surface area contributed by atoms with Crippen LogP contribution in [0.5, 0.6) is 11.8 Å². The van der Waals surface area contributed by atoms with Gasteiger partial charge in [0.2, 0.25) is 23.6 Å². The summed E-state index contributed by atoms with van der Waals surface area (Å²) in [6.07, 6.45) is 6.59. The second-order valence-electron chi connectivity index (χ2n) is 10.1. The number of rotatable bonds is 8. The predicted octanol–water partition coefficient (Wildman–Crippen LogP) is 2.06. The second kappa shape index (κ2) is 12.7. The molecule has 0 N–H and O–H groups in total. The number of carbonyl (C=O) groups excluding carboxylic acids is 2. The maximum atomic E-state index is 12.9. The zero-order chi connectivity index (χ0) is 29.0. The number of amides is 2. The van der Waals surface area contributed by atoms with Crippen molar-refractivity contribution >= 4 is 45.2 Å². The molecule has 3 aliphatic rings. The largest absolute Gasteiger partial charge is 0.478 e. The van der Waals surface area contributed by atoms with E-state index in [0.717, 1.165) is 25.7 Å². The topological polar surface area (TPSA) is 129 Å². The fourth-order valence-electron chi connectivity index (χ4n) is 5.10. The number of ether oxygens (including phenoxy) is 2. The lowest BCUT2D eigenvalue weighted by molar-refractivity contribution is -0.133. The maximum absolute atomic E-state index is 12.9. The van der Waals surface area contributed by atoms with E-state index >= 15 is 0 Å². The fraction of sp³-hybridized carbons (Fsp3) is 0.615. The summed E-state index contributed by atoms with van der Waals surface area (Å²) in [7, 11) is 3.82. The molecule has 0 unspecified atom stereocenters. The molecule has 2 amide bonds. The molecule has 0 aliphatic carbocycles. The highest BCUT2D eigenvalue weighted by Crippen LogP contribution is 2.70. The van der Waals surface area contributed by atoms with Gasteiger partial charge in [-0.05, 0) is 39.5 Å². The van der Waals surface area contributed by atoms with E-state index in [2.05, 4.69) is 9.97 Å². The quantitative estimate of drug-likeness (QED) is 0.401. The molecule has 3 saturated heterocycles. The number of thioether (sulfide) groups is 1. The van der Waals surface area contributed by atoms with E-state index in [0.29, 0.717) is 39.4 Å². The highest BCUT2D eigenvalue weighted by atomic mass is 33.1. The van der Waals surface area contributed by atoms with E-state index in [1.54, 1.807) is 24.5 Å². The summed E-state index contributed by atoms with van der Waals surface area (Å²) in [6.45, 7) is 6.98. The first kappa shape index (κ1) is 29.8. The molecule has 0 bridgehead atoms. The summed E-state index contributed by atoms with van der Waals surface area (Å²) >= 11 is 2.00. The van der Waals surface area contributed by atoms with Gasteiger partial charge in [-0.1, -0.05) is 21.6 Å². The summed E-state index contributed by atoms with van der Waals surface area (Å²) in [4.78, 5) is 61.8. The van der Waals surface area contributed by atoms with Crippen LogP contribution in [0.2, 0.25) is 0 Å². The molecule has 222 valence electrons. The van der Waals surface area contributed by atoms with E-state index in [4.69, 9.17) is 9.47 Å². The Bertz CT molecular complexity index is 1280. The molecular weight excluding hydrogens is 589 g/mol. The Balaban J connectivity index is 1.10. The Morgan fingerprint density at radius 2 is 1.15 bits per heavy atom. The van der Waals surface area contributed by atoms with Crippen LogP contribution in [-0.2, 0) is 22.7 Å². The van der Waals surface area contributed by atoms with Gasteiger partial charge in [0, 0.05) is 50.7 Å². The number of hydrogen-bond acceptors (Lipinski definition) is 11. The number of aromatic nitrogens is 4. The van der Waals surface area contributed by atoms with Gasteiger partial charge in [0.1, 0.15) is 13.1 Å². The predicted molar refractivity (Wildman–Crippen MR) is 159 cm³/mol. The van der Waals surface area contributed by atoms with Crippen molar-refractivity contribution in [2.24, 2.45) is 0 Å². The summed E-state index contributed by atoms with van der Waals surface area (Å²) in [6, 6.07) is 3.20. The number of nitrogens with zero attached hydrogens (tertiary/aromatic N) is 6. The van der Waals surface area contributed by atoms with Gasteiger partial charge in [-0.25, -0.2) is 9.59 Å². The van der Waals surface area contributed by atoms with Crippen LogP contribution in [0.3, 0.4) is 0 Å². The van der Waals surface area contributed by atoms with Crippen molar-refractivity contribution in [3.63, 3.8) is 0 Å². The van der Waals surface area contributed by atoms with Crippen LogP contribution in [0.4, 0.5) is 0 Å². The average molecular weight is 623 g/mol. The van der Waals surface area contributed by atoms with Gasteiger partial charge in [0.05, 0.1) is 21.4 Å². The number of carbonyl (C=O) groups is 2. The van der Waals surface area contributed by atoms with E-state index in [1.807, 2.05) is 57.0 Å². The standard InChI is InChI=1S/C26H34N6O6S3/c1-3-37-19-5-11-31(23(35)27-19)17-21(33)29-13-7-25(8-14-29)39-26(41-40-25)9-15-30(16-10-26)22(34)18-32-12-6-20(38-4-2)28-24(32)36/h5-6,11-12H,3-4,7-10,13-18H2,1-2H3. The maximum Gasteiger partial charge on any atom is 0.351 e. The zero-order valence-corrected chi connectivity index (χ0v) is 25.6. The molecule has 15 heteroatoms. The molecule has 0 radical (unpaired) electrons. The van der Waals surface area contributed by atoms with E-state index in [1.165, 1.54) is 9.13 Å². The molecule has 12 nitrogen and oxygen atoms in total. The Morgan fingerprint density at radius 1 is 0.756 bits per heavy atom. The van der Waals surface area contributed by atoms with Gasteiger partial charge in [0.25, 0.3) is 0 Å². The van der Waals surface area contributed by atoms with Crippen LogP contribution in [0.25, 0.3) is 0 Å². The molecule has 5 heterocycles. The normalized spacial score (nSPS) is 19.5. The third-order valence-electron chi connectivity index (χ3n) is 7.37. The fourth-order valence-corrected chi connectivity index (χ4v) is 12.1. The van der Waals surface area contributed by atoms with Crippen LogP contribution >= 0.6 is 33.3 Å². The first-order valence-electron chi connectivity index (χ1n) is 13.8. The Labute approximate surface area is 250 Å². The first-order chi connectivity index (χ1) is 19.7. The molecule has 3 aliphatic heterocycles. The molecule has 2 spiro atoms. The minimum absolute atomic E-state index is 0.0342. The Morgan fingerprint density at radius 3 is 1.49 bits per heavy atom. The van der Waals surface area contributed by atoms with Crippen molar-refractivity contribution < 1.29 is 19.1 Å². The minimum Gasteiger partial charge on any atom is -0.478 e. The van der Waals surface area contributed by atoms with Gasteiger partial charge >= 0.3 is 11.4 Å². The molecule has 2 aromatic rings. The number of piperidine rings is 2. The molecule has 41 heavy (non-hydrogen) atoms. The van der Waals surface area contributed by atoms with Crippen LogP contribution in [0.15, 0.2) is 34.1 Å². The lowest BCUT2D eigenvalue weighted by atomic mass is 10.1. The SMILES string of the molecule is CCOc1ccn(CC(=O)N2CCC3(CC2)SSC2(CCN(C(=O)Cn4ccc(OCC)nc4=O)CC2)S3)c(=O)n1. The van der Waals surface area contributed by atoms with Gasteiger partial charge in [0.15, 0.2) is 0 Å². The summed E-state index contributed by atoms with van der Waals surface area (Å²) < 4.78 is 13.2. The lowest BCUT2D eigenvalue weighted by Gasteiger charge is -2.41. The van der Waals surface area contributed by atoms with Gasteiger partial charge in [-0.15, -0.1) is 11.8 Å². The van der Waals surface area contributed by atoms with Gasteiger partial charge in [-0.2, -0.15) is 9.97 Å². The Hall–Kier alpha value is -2.65. The van der Waals surface area contributed by atoms with E-state index in [-0.39, 0.29) is 44.8 Å². The van der Waals surface area contributed by atoms with Crippen molar-refractivity contribution in [1.29, 1.82) is 0 Å². The molecule has 2 aromatic heterocycles. The third-order valence-corrected chi connectivity index (χ3v) is 14.2. The van der Waals surface area contributed by atoms with Crippen LogP contribution in [-0.4, -0.2) is 88.3 Å². The molecule has 0 aromatic carbocycles. The molecular formula is C26H34N6O6S3. The molecule has 5 rings (SSSR count). The third kappa shape index (κ3) is 6.88. The van der Waals surface area contributed by atoms with Crippen molar-refractivity contribution in [1.82, 2.24) is 28.9 Å². The lowest BCUT2D eigenvalue weighted by Crippen LogP contribution is -2.47. The van der Waals surface area contributed by atoms with Crippen LogP contribution in [0.1, 0.15) is 39.5 Å². The smallest absolute Gasteiger partial charge is 0.351 e. The monoisotopic (exact) mass is 622 g/mol. The highest BCUT2D eigenvalue weighted by molar-refractivity contribution is 8.83. The minimum atomic E-state index is -0.494. The molecule has 0 saturated carbocycles. The highest BCUT2D eigenvalue weighted by Gasteiger charge is 2.53. The van der Waals surface area contributed by atoms with Crippen LogP contribution < -0.4 is 20.9 Å². The average Bonchev–Trinajstić information content (AvgIpc) is 3.29. The number of hydrogen-bond donors (Lipinski definition) is 0. The summed E-state index contributed by atoms with van der Waals surface area (Å²) in [5, 5.41) is 0. The molecule has 0 atom stereocenters. The van der Waals surface area contributed by atoms with Gasteiger partial charge < -0.3 is 19.3 Å². The van der Waals surface area contributed by atoms with Crippen molar-refractivity contribution in [2.45, 2.75) is 60.8 Å². The van der Waals surface area contributed by atoms with Crippen molar-refractivity contribution in [2.75, 3.05) is 39.4 Å². The van der Waals surface area contributed by atoms with Crippen LogP contribution in [0, 0.1) is 0 Å². The van der Waals surface area contributed by atoms with E-state index in [9.17, 15) is 19.2 Å². The molecule has 3 fully saturated rings. The van der Waals surface area contributed by atoms with Crippen molar-refractivity contribution in [3.8, 4) is 11.8 Å². The van der Waals surface area contributed by atoms with Crippen molar-refractivity contribution in [3.05, 3.63) is 45.5 Å². The first-order valence-corrected chi connectivity index (χ1v) is 16.7. The number of likely N-dealkylation sites (tertiary alicyclic amines) is 2. The zero-order valence-electron chi connectivity index (χ0n) is 23.2. The van der Waals surface area contributed by atoms with Gasteiger partial charge in [-0.3, -0.25) is 18.7 Å².